The number of cyclic esters (lactones) is 1. The maximum Gasteiger partial charge on any atom is 0.509 e. The molecule has 65 heavy (non-hydrogen) atoms. The quantitative estimate of drug-likeness (QED) is 0.167. The summed E-state index contributed by atoms with van der Waals surface area (Å²) in [4.78, 5) is 74.3. The fourth-order valence-electron chi connectivity index (χ4n) is 10.0. The highest BCUT2D eigenvalue weighted by molar-refractivity contribution is 6.08. The molecule has 6 rings (SSSR count). The van der Waals surface area contributed by atoms with Crippen molar-refractivity contribution in [3.05, 3.63) is 51.8 Å². The zero-order valence-electron chi connectivity index (χ0n) is 39.2. The largest absolute Gasteiger partial charge is 0.509 e. The highest BCUT2D eigenvalue weighted by atomic mass is 19.1. The van der Waals surface area contributed by atoms with Gasteiger partial charge < -0.3 is 53.6 Å². The minimum Gasteiger partial charge on any atom is -0.455 e. The Bertz CT molecular complexity index is 2260. The van der Waals surface area contributed by atoms with Crippen LogP contribution in [0.2, 0.25) is 0 Å². The fourth-order valence-corrected chi connectivity index (χ4v) is 10.0. The van der Waals surface area contributed by atoms with Crippen LogP contribution < -0.4 is 11.2 Å². The van der Waals surface area contributed by atoms with Crippen LogP contribution in [0, 0.1) is 17.8 Å². The lowest BCUT2D eigenvalue weighted by atomic mass is 9.73. The number of alkyl halides is 1. The number of hydrogen-bond donors (Lipinski definition) is 2. The molecule has 1 aromatic heterocycles. The molecule has 1 amide bonds. The Balaban J connectivity index is 1.45. The molecule has 0 unspecified atom stereocenters. The Kier molecular flexibility index (Phi) is 14.7. The first-order valence-electron chi connectivity index (χ1n) is 22.4. The summed E-state index contributed by atoms with van der Waals surface area (Å²) in [5.74, 6) is -6.30. The molecule has 358 valence electrons. The van der Waals surface area contributed by atoms with Crippen molar-refractivity contribution >= 4 is 46.5 Å². The van der Waals surface area contributed by atoms with Gasteiger partial charge in [0, 0.05) is 41.4 Å². The van der Waals surface area contributed by atoms with E-state index >= 15 is 4.39 Å². The van der Waals surface area contributed by atoms with Crippen molar-refractivity contribution in [2.45, 2.75) is 153 Å². The monoisotopic (exact) mass is 912 g/mol. The Hall–Kier alpha value is -4.75. The number of benzene rings is 1. The lowest BCUT2D eigenvalue weighted by Gasteiger charge is -2.47. The number of Topliss-reactive ketones (excluding diaryl/α,β-unsaturated/α-hetero) is 1. The average Bonchev–Trinajstić information content (AvgIpc) is 4.04. The number of aromatic nitrogens is 1. The van der Waals surface area contributed by atoms with E-state index in [0.717, 1.165) is 19.8 Å². The third-order valence-electron chi connectivity index (χ3n) is 13.6. The number of carbonyl (C=O) groups excluding carboxylic acids is 4. The molecule has 4 aliphatic rings. The second-order valence-electron chi connectivity index (χ2n) is 18.9. The van der Waals surface area contributed by atoms with Gasteiger partial charge >= 0.3 is 12.1 Å². The fraction of sp³-hybridized carbons (Fsp3) is 0.660. The van der Waals surface area contributed by atoms with E-state index in [1.54, 1.807) is 39.0 Å². The number of likely N-dealkylation sites (N-methyl/N-ethyl adjacent to an activating group) is 1. The number of aliphatic hydroxyl groups excluding tert-OH is 1. The first-order valence-corrected chi connectivity index (χ1v) is 22.4. The van der Waals surface area contributed by atoms with E-state index in [4.69, 9.17) is 39.0 Å². The molecule has 4 fully saturated rings. The highest BCUT2D eigenvalue weighted by Crippen LogP contribution is 2.43. The topological polar surface area (TPSA) is 217 Å². The van der Waals surface area contributed by atoms with Crippen LogP contribution in [0.15, 0.2) is 40.4 Å². The Morgan fingerprint density at radius 3 is 2.38 bits per heavy atom. The highest BCUT2D eigenvalue weighted by Gasteiger charge is 2.60. The molecule has 0 bridgehead atoms. The van der Waals surface area contributed by atoms with Gasteiger partial charge in [-0.2, -0.15) is 0 Å². The average molecular weight is 913 g/mol. The number of fused-ring (bicyclic) bond motifs is 2. The van der Waals surface area contributed by atoms with Crippen LogP contribution >= 0.6 is 0 Å². The normalized spacial score (nSPS) is 36.9. The van der Waals surface area contributed by atoms with E-state index in [2.05, 4.69) is 5.16 Å². The maximum absolute atomic E-state index is 17.1. The van der Waals surface area contributed by atoms with Gasteiger partial charge in [-0.3, -0.25) is 14.4 Å². The number of halogens is 1. The summed E-state index contributed by atoms with van der Waals surface area (Å²) in [7, 11) is 4.99. The molecule has 3 saturated heterocycles. The molecule has 3 aliphatic heterocycles. The van der Waals surface area contributed by atoms with Crippen molar-refractivity contribution in [3.8, 4) is 0 Å². The summed E-state index contributed by atoms with van der Waals surface area (Å²) in [6.45, 7) is 12.4. The number of hydrogen-bond acceptors (Lipinski definition) is 15. The van der Waals surface area contributed by atoms with Gasteiger partial charge in [0.1, 0.15) is 24.9 Å². The number of primary amides is 1. The molecule has 18 heteroatoms. The molecule has 1 saturated carbocycles. The van der Waals surface area contributed by atoms with Crippen LogP contribution in [-0.4, -0.2) is 132 Å². The molecule has 1 aliphatic carbocycles. The Morgan fingerprint density at radius 1 is 1.08 bits per heavy atom. The summed E-state index contributed by atoms with van der Waals surface area (Å²) in [6.07, 6.45) is -0.438. The molecule has 2 aromatic rings. The zero-order valence-corrected chi connectivity index (χ0v) is 39.2. The van der Waals surface area contributed by atoms with Crippen molar-refractivity contribution in [2.24, 2.45) is 28.6 Å². The predicted molar refractivity (Wildman–Crippen MR) is 237 cm³/mol. The second kappa shape index (κ2) is 19.2. The minimum absolute atomic E-state index is 0.0145. The van der Waals surface area contributed by atoms with Crippen molar-refractivity contribution in [1.82, 2.24) is 9.47 Å². The standard InChI is InChI=1S/C47H65FN4O13/c1-12-34-47(8)40(64-44(58)65-47)26(4)35(50-59-11)24(2)22-45(6,60-19-13-14-28-15-18-32-30(21-28)36(53)31(41(49)56)23-52(32)29-16-17-29)39(27(5)38(55)46(7,48)43(57)62-34)63-42-37(54)33(51(9)10)20-25(3)61-42/h13-15,18,21,23-27,29,33-34,37,39-40,42,54H,12,16-17,19-20,22H2,1-11H3,(H2,49,56)/b14-13+,50-35+/t24-,25-,26+,27+,33+,34-,37-,39-,40-,42+,45-,46+,47-/m1/s1. The van der Waals surface area contributed by atoms with Gasteiger partial charge in [-0.25, -0.2) is 14.0 Å². The lowest BCUT2D eigenvalue weighted by molar-refractivity contribution is -0.296. The molecule has 1 aromatic carbocycles. The number of aliphatic hydroxyl groups is 1. The van der Waals surface area contributed by atoms with Crippen LogP contribution in [-0.2, 0) is 42.8 Å². The van der Waals surface area contributed by atoms with E-state index in [0.29, 0.717) is 28.6 Å². The van der Waals surface area contributed by atoms with Crippen LogP contribution in [0.3, 0.4) is 0 Å². The number of pyridine rings is 1. The lowest BCUT2D eigenvalue weighted by Crippen LogP contribution is -2.61. The number of rotatable bonds is 11. The van der Waals surface area contributed by atoms with E-state index in [1.165, 1.54) is 27.2 Å². The van der Waals surface area contributed by atoms with Crippen LogP contribution in [0.5, 0.6) is 0 Å². The van der Waals surface area contributed by atoms with Crippen LogP contribution in [0.4, 0.5) is 9.18 Å². The summed E-state index contributed by atoms with van der Waals surface area (Å²) >= 11 is 0. The predicted octanol–water partition coefficient (Wildman–Crippen LogP) is 5.26. The Labute approximate surface area is 378 Å². The van der Waals surface area contributed by atoms with Gasteiger partial charge in [-0.05, 0) is 91.6 Å². The first-order chi connectivity index (χ1) is 30.5. The zero-order chi connectivity index (χ0) is 47.9. The van der Waals surface area contributed by atoms with Crippen molar-refractivity contribution in [3.63, 3.8) is 0 Å². The summed E-state index contributed by atoms with van der Waals surface area (Å²) < 4.78 is 55.9. The number of nitrogens with two attached hydrogens (primary N) is 1. The number of amides is 1. The molecule has 17 nitrogen and oxygen atoms in total. The van der Waals surface area contributed by atoms with Gasteiger partial charge in [0.25, 0.3) is 11.6 Å². The number of carbonyl (C=O) groups is 4. The van der Waals surface area contributed by atoms with E-state index < -0.39 is 107 Å². The molecule has 13 atom stereocenters. The molecule has 4 heterocycles. The second-order valence-corrected chi connectivity index (χ2v) is 18.9. The maximum atomic E-state index is 17.1. The van der Waals surface area contributed by atoms with Gasteiger partial charge in [0.05, 0.1) is 35.6 Å². The molecule has 0 spiro atoms. The molecule has 3 N–H and O–H groups in total. The minimum atomic E-state index is -3.25. The number of ketones is 1. The third kappa shape index (κ3) is 9.87. The Morgan fingerprint density at radius 2 is 1.77 bits per heavy atom. The molecular weight excluding hydrogens is 848 g/mol. The summed E-state index contributed by atoms with van der Waals surface area (Å²) in [5, 5.41) is 16.4. The molecule has 0 radical (unpaired) electrons. The van der Waals surface area contributed by atoms with Crippen molar-refractivity contribution in [1.29, 1.82) is 0 Å². The van der Waals surface area contributed by atoms with Gasteiger partial charge in [-0.15, -0.1) is 0 Å². The summed E-state index contributed by atoms with van der Waals surface area (Å²) in [5.41, 5.74) is 0.235. The van der Waals surface area contributed by atoms with Crippen LogP contribution in [0.1, 0.15) is 109 Å². The number of nitrogens with zero attached hydrogens (tertiary/aromatic N) is 3. The van der Waals surface area contributed by atoms with Crippen molar-refractivity contribution < 1.29 is 61.9 Å². The van der Waals surface area contributed by atoms with E-state index in [9.17, 15) is 29.1 Å². The molecular formula is C47H65FN4O13. The third-order valence-corrected chi connectivity index (χ3v) is 13.6. The number of ether oxygens (including phenoxy) is 6. The van der Waals surface area contributed by atoms with E-state index in [1.807, 2.05) is 49.5 Å². The first kappa shape index (κ1) is 49.7. The van der Waals surface area contributed by atoms with Gasteiger partial charge in [-0.1, -0.05) is 51.1 Å². The number of esters is 1. The SMILES string of the molecule is CC[C@H]1OC(=O)[C@@](C)(F)C(=O)[C@H](C)[C@@H](O[C@@H]2O[C@H](C)C[C@H](N(C)C)[C@H]2O)[C@](C)(OC/C=C/c2ccc3c(c2)c(=O)c(C(N)=O)cn3C2CC2)C[C@@H](C)/C(=N\OC)[C@H](C)[C@H]2OC(=O)O[C@@]21C. The summed E-state index contributed by atoms with van der Waals surface area (Å²) in [6, 6.07) is 5.06. The van der Waals surface area contributed by atoms with Gasteiger partial charge in [0.2, 0.25) is 5.43 Å². The smallest absolute Gasteiger partial charge is 0.455 e. The van der Waals surface area contributed by atoms with Gasteiger partial charge in [0.15, 0.2) is 23.8 Å². The van der Waals surface area contributed by atoms with Crippen LogP contribution in [0.25, 0.3) is 17.0 Å². The van der Waals surface area contributed by atoms with E-state index in [-0.39, 0.29) is 31.1 Å². The van der Waals surface area contributed by atoms with Crippen molar-refractivity contribution in [2.75, 3.05) is 27.8 Å². The number of oxime groups is 1.